The van der Waals surface area contributed by atoms with E-state index in [-0.39, 0.29) is 5.82 Å². The van der Waals surface area contributed by atoms with E-state index >= 15 is 0 Å². The third-order valence-corrected chi connectivity index (χ3v) is 8.42. The smallest absolute Gasteiger partial charge is 0.265 e. The maximum Gasteiger partial charge on any atom is 0.265 e. The number of sulfonamides is 1. The first kappa shape index (κ1) is 26.9. The number of hydrogen-bond acceptors (Lipinski definition) is 7. The molecule has 0 aliphatic heterocycles. The number of rotatable bonds is 8. The van der Waals surface area contributed by atoms with Gasteiger partial charge in [0.2, 0.25) is 5.95 Å². The number of nitrogens with zero attached hydrogens (tertiary/aromatic N) is 4. The van der Waals surface area contributed by atoms with E-state index in [1.165, 1.54) is 37.5 Å². The Labute approximate surface area is 226 Å². The lowest BCUT2D eigenvalue weighted by molar-refractivity contribution is 0.148. The van der Waals surface area contributed by atoms with Crippen LogP contribution in [0.15, 0.2) is 53.6 Å². The fourth-order valence-corrected chi connectivity index (χ4v) is 6.21. The second-order valence-electron chi connectivity index (χ2n) is 9.70. The quantitative estimate of drug-likeness (QED) is 0.259. The number of benzene rings is 1. The van der Waals surface area contributed by atoms with Gasteiger partial charge in [0.1, 0.15) is 11.3 Å². The van der Waals surface area contributed by atoms with Crippen LogP contribution >= 0.6 is 0 Å². The second kappa shape index (κ2) is 11.2. The first-order chi connectivity index (χ1) is 18.7. The van der Waals surface area contributed by atoms with Crippen LogP contribution < -0.4 is 10.0 Å². The van der Waals surface area contributed by atoms with Crippen molar-refractivity contribution in [3.05, 3.63) is 65.5 Å². The lowest BCUT2D eigenvalue weighted by Gasteiger charge is -2.22. The lowest BCUT2D eigenvalue weighted by Crippen LogP contribution is -2.23. The molecule has 3 aromatic heterocycles. The highest BCUT2D eigenvalue weighted by Crippen LogP contribution is 2.30. The number of aromatic nitrogens is 4. The summed E-state index contributed by atoms with van der Waals surface area (Å²) in [5.41, 5.74) is 3.81. The topological polar surface area (TPSA) is 110 Å². The van der Waals surface area contributed by atoms with Crippen LogP contribution in [0, 0.1) is 6.92 Å². The molecule has 1 aromatic carbocycles. The molecule has 4 aromatic rings. The monoisotopic (exact) mass is 552 g/mol. The van der Waals surface area contributed by atoms with Crippen LogP contribution in [0.25, 0.3) is 22.3 Å². The molecule has 0 atom stereocenters. The summed E-state index contributed by atoms with van der Waals surface area (Å²) in [5.74, 6) is 0.639. The molecule has 3 heterocycles. The molecule has 204 valence electrons. The molecule has 0 unspecified atom stereocenters. The number of halogens is 2. The minimum Gasteiger partial charge on any atom is -0.351 e. The highest BCUT2D eigenvalue weighted by molar-refractivity contribution is 7.92. The van der Waals surface area contributed by atoms with E-state index in [0.29, 0.717) is 34.5 Å². The van der Waals surface area contributed by atoms with Crippen molar-refractivity contribution in [2.45, 2.75) is 69.7 Å². The van der Waals surface area contributed by atoms with Crippen molar-refractivity contribution in [2.24, 2.45) is 0 Å². The van der Waals surface area contributed by atoms with E-state index in [2.05, 4.69) is 26.9 Å². The summed E-state index contributed by atoms with van der Waals surface area (Å²) in [6, 6.07) is 10.6. The molecular weight excluding hydrogens is 522 g/mol. The molecule has 0 bridgehead atoms. The lowest BCUT2D eigenvalue weighted by atomic mass is 9.96. The molecule has 1 fully saturated rings. The van der Waals surface area contributed by atoms with Crippen LogP contribution in [-0.4, -0.2) is 34.4 Å². The molecule has 11 heteroatoms. The standard InChI is InChI=1S/C28H30F2N6O2S/c1-3-18-15-22(34-23-16-31-28(35-26(18)23)33-19-9-5-4-6-10-19)20-13-14-25(32-17(20)2)36-39(37,38)24-12-8-7-11-21(24)27(29)30/h7-8,11-16,19,27H,3-6,9-10H2,1-2H3,(H,32,36)(H,31,33,35). The molecule has 0 radical (unpaired) electrons. The zero-order valence-electron chi connectivity index (χ0n) is 21.8. The molecule has 0 saturated heterocycles. The molecule has 1 aliphatic rings. The van der Waals surface area contributed by atoms with Gasteiger partial charge in [0.25, 0.3) is 16.4 Å². The van der Waals surface area contributed by atoms with Crippen molar-refractivity contribution in [2.75, 3.05) is 10.0 Å². The normalized spacial score (nSPS) is 14.6. The maximum atomic E-state index is 13.4. The summed E-state index contributed by atoms with van der Waals surface area (Å²) in [5, 5.41) is 3.47. The second-order valence-corrected chi connectivity index (χ2v) is 11.4. The van der Waals surface area contributed by atoms with Gasteiger partial charge in [-0.3, -0.25) is 4.72 Å². The Morgan fingerprint density at radius 2 is 1.79 bits per heavy atom. The van der Waals surface area contributed by atoms with Crippen LogP contribution in [0.5, 0.6) is 0 Å². The first-order valence-electron chi connectivity index (χ1n) is 13.1. The van der Waals surface area contributed by atoms with Crippen LogP contribution in [-0.2, 0) is 16.4 Å². The molecule has 0 amide bonds. The SMILES string of the molecule is CCc1cc(-c2ccc(NS(=O)(=O)c3ccccc3C(F)F)nc2C)nc2cnc(NC3CCCCC3)nc12. The first-order valence-corrected chi connectivity index (χ1v) is 14.5. The van der Waals surface area contributed by atoms with Gasteiger partial charge in [-0.2, -0.15) is 0 Å². The summed E-state index contributed by atoms with van der Waals surface area (Å²) in [7, 11) is -4.27. The van der Waals surface area contributed by atoms with E-state index in [4.69, 9.17) is 9.97 Å². The zero-order valence-corrected chi connectivity index (χ0v) is 22.6. The Kier molecular flexibility index (Phi) is 7.69. The third kappa shape index (κ3) is 5.83. The molecule has 0 spiro atoms. The Morgan fingerprint density at radius 3 is 2.51 bits per heavy atom. The van der Waals surface area contributed by atoms with E-state index in [0.717, 1.165) is 42.5 Å². The Hall–Kier alpha value is -3.73. The van der Waals surface area contributed by atoms with Crippen molar-refractivity contribution in [1.82, 2.24) is 19.9 Å². The van der Waals surface area contributed by atoms with E-state index in [1.54, 1.807) is 19.2 Å². The van der Waals surface area contributed by atoms with Gasteiger partial charge in [0.05, 0.1) is 22.3 Å². The van der Waals surface area contributed by atoms with Crippen LogP contribution in [0.2, 0.25) is 0 Å². The van der Waals surface area contributed by atoms with Gasteiger partial charge < -0.3 is 5.32 Å². The van der Waals surface area contributed by atoms with Gasteiger partial charge in [-0.15, -0.1) is 0 Å². The van der Waals surface area contributed by atoms with Crippen molar-refractivity contribution < 1.29 is 17.2 Å². The van der Waals surface area contributed by atoms with Gasteiger partial charge in [-0.25, -0.2) is 37.1 Å². The predicted molar refractivity (Wildman–Crippen MR) is 147 cm³/mol. The van der Waals surface area contributed by atoms with Crippen LogP contribution in [0.1, 0.15) is 62.3 Å². The molecule has 8 nitrogen and oxygen atoms in total. The average Bonchev–Trinajstić information content (AvgIpc) is 2.93. The Balaban J connectivity index is 1.42. The van der Waals surface area contributed by atoms with Gasteiger partial charge >= 0.3 is 0 Å². The number of alkyl halides is 2. The number of fused-ring (bicyclic) bond motifs is 1. The highest BCUT2D eigenvalue weighted by Gasteiger charge is 2.24. The van der Waals surface area contributed by atoms with E-state index in [9.17, 15) is 17.2 Å². The fraction of sp³-hybridized carbons (Fsp3) is 0.357. The van der Waals surface area contributed by atoms with Crippen LogP contribution in [0.4, 0.5) is 20.5 Å². The molecule has 1 saturated carbocycles. The fourth-order valence-electron chi connectivity index (χ4n) is 4.98. The largest absolute Gasteiger partial charge is 0.351 e. The summed E-state index contributed by atoms with van der Waals surface area (Å²) in [4.78, 5) is 18.0. The molecule has 1 aliphatic carbocycles. The summed E-state index contributed by atoms with van der Waals surface area (Å²) in [6.07, 6.45) is 5.48. The molecule has 2 N–H and O–H groups in total. The Bertz CT molecular complexity index is 1610. The van der Waals surface area contributed by atoms with Gasteiger partial charge in [-0.1, -0.05) is 44.4 Å². The number of hydrogen-bond donors (Lipinski definition) is 2. The van der Waals surface area contributed by atoms with Crippen molar-refractivity contribution in [3.63, 3.8) is 0 Å². The number of nitrogens with one attached hydrogen (secondary N) is 2. The van der Waals surface area contributed by atoms with Gasteiger partial charge in [-0.05, 0) is 56.0 Å². The Morgan fingerprint density at radius 1 is 1.03 bits per heavy atom. The summed E-state index contributed by atoms with van der Waals surface area (Å²) < 4.78 is 54.8. The molecular formula is C28H30F2N6O2S. The van der Waals surface area contributed by atoms with Gasteiger partial charge in [0.15, 0.2) is 0 Å². The van der Waals surface area contributed by atoms with E-state index < -0.39 is 26.9 Å². The third-order valence-electron chi connectivity index (χ3n) is 6.99. The van der Waals surface area contributed by atoms with E-state index in [1.807, 2.05) is 6.07 Å². The minimum absolute atomic E-state index is 0.0265. The molecule has 39 heavy (non-hydrogen) atoms. The maximum absolute atomic E-state index is 13.4. The van der Waals surface area contributed by atoms with Crippen molar-refractivity contribution >= 4 is 32.8 Å². The predicted octanol–water partition coefficient (Wildman–Crippen LogP) is 6.44. The number of pyridine rings is 2. The summed E-state index contributed by atoms with van der Waals surface area (Å²) in [6.45, 7) is 3.79. The minimum atomic E-state index is -4.27. The summed E-state index contributed by atoms with van der Waals surface area (Å²) >= 11 is 0. The molecule has 5 rings (SSSR count). The number of anilines is 2. The average molecular weight is 553 g/mol. The van der Waals surface area contributed by atoms with Crippen molar-refractivity contribution in [1.29, 1.82) is 0 Å². The number of aryl methyl sites for hydroxylation is 2. The van der Waals surface area contributed by atoms with Gasteiger partial charge in [0, 0.05) is 22.9 Å². The highest BCUT2D eigenvalue weighted by atomic mass is 32.2. The van der Waals surface area contributed by atoms with Crippen molar-refractivity contribution in [3.8, 4) is 11.3 Å². The van der Waals surface area contributed by atoms with Crippen LogP contribution in [0.3, 0.4) is 0 Å². The zero-order chi connectivity index (χ0) is 27.6.